The van der Waals surface area contributed by atoms with E-state index in [0.717, 1.165) is 19.3 Å². The van der Waals surface area contributed by atoms with Crippen LogP contribution in [0, 0.1) is 0 Å². The maximum Gasteiger partial charge on any atom is 0.255 e. The van der Waals surface area contributed by atoms with Crippen LogP contribution in [0.4, 0.5) is 0 Å². The minimum Gasteiger partial charge on any atom is -0.384 e. The topological polar surface area (TPSA) is 92.4 Å². The second kappa shape index (κ2) is 7.46. The number of amides is 2. The Bertz CT molecular complexity index is 192. The summed E-state index contributed by atoms with van der Waals surface area (Å²) in [5.41, 5.74) is 5.28. The summed E-state index contributed by atoms with van der Waals surface area (Å²) in [7, 11) is 0. The molecule has 1 unspecified atom stereocenters. The second-order valence-electron chi connectivity index (χ2n) is 3.19. The molecule has 4 N–H and O–H groups in total. The molecule has 1 atom stereocenters. The number of unbranched alkanes of at least 4 members (excludes halogenated alkanes) is 2. The molecule has 0 rings (SSSR count). The molecule has 5 nitrogen and oxygen atoms in total. The van der Waals surface area contributed by atoms with Gasteiger partial charge in [-0.2, -0.15) is 0 Å². The lowest BCUT2D eigenvalue weighted by Crippen LogP contribution is -2.37. The fourth-order valence-electron chi connectivity index (χ4n) is 0.911. The molecule has 0 bridgehead atoms. The molecule has 2 amide bonds. The fraction of sp³-hybridized carbons (Fsp3) is 0.778. The van der Waals surface area contributed by atoms with Crippen LogP contribution in [0.1, 0.15) is 32.6 Å². The summed E-state index contributed by atoms with van der Waals surface area (Å²) in [6.07, 6.45) is 1.65. The van der Waals surface area contributed by atoms with Gasteiger partial charge in [-0.3, -0.25) is 14.9 Å². The third-order valence-corrected chi connectivity index (χ3v) is 1.75. The molecular formula is C9H18N2O3. The van der Waals surface area contributed by atoms with Crippen LogP contribution in [0.3, 0.4) is 0 Å². The molecule has 0 spiro atoms. The van der Waals surface area contributed by atoms with E-state index in [9.17, 15) is 9.59 Å². The average Bonchev–Trinajstić information content (AvgIpc) is 2.12. The molecule has 82 valence electrons. The Hall–Kier alpha value is -0.940. The molecule has 0 aromatic heterocycles. The van der Waals surface area contributed by atoms with Crippen LogP contribution >= 0.6 is 0 Å². The molecule has 0 aromatic rings. The molecule has 5 heteroatoms. The van der Waals surface area contributed by atoms with E-state index in [2.05, 4.69) is 5.32 Å². The highest BCUT2D eigenvalue weighted by Crippen LogP contribution is 1.98. The van der Waals surface area contributed by atoms with Crippen molar-refractivity contribution >= 4 is 11.8 Å². The average molecular weight is 202 g/mol. The highest BCUT2D eigenvalue weighted by molar-refractivity contribution is 5.96. The molecule has 0 saturated carbocycles. The van der Waals surface area contributed by atoms with Crippen LogP contribution in [0.15, 0.2) is 0 Å². The van der Waals surface area contributed by atoms with E-state index in [1.165, 1.54) is 6.92 Å². The number of hydrogen-bond donors (Lipinski definition) is 3. The zero-order valence-electron chi connectivity index (χ0n) is 8.45. The van der Waals surface area contributed by atoms with Gasteiger partial charge in [0.2, 0.25) is 5.91 Å². The lowest BCUT2D eigenvalue weighted by molar-refractivity contribution is -0.135. The predicted octanol–water partition coefficient (Wildman–Crippen LogP) is -0.471. The normalized spacial score (nSPS) is 12.2. The van der Waals surface area contributed by atoms with Gasteiger partial charge < -0.3 is 10.8 Å². The molecule has 0 heterocycles. The summed E-state index contributed by atoms with van der Waals surface area (Å²) in [6, 6.07) is 0. The molecule has 0 aliphatic carbocycles. The maximum atomic E-state index is 11.0. The molecule has 14 heavy (non-hydrogen) atoms. The first-order chi connectivity index (χ1) is 6.57. The van der Waals surface area contributed by atoms with Crippen molar-refractivity contribution in [3.63, 3.8) is 0 Å². The monoisotopic (exact) mass is 202 g/mol. The number of carbonyl (C=O) groups is 2. The van der Waals surface area contributed by atoms with Crippen molar-refractivity contribution in [2.24, 2.45) is 5.73 Å². The van der Waals surface area contributed by atoms with Gasteiger partial charge in [0.05, 0.1) is 0 Å². The minimum absolute atomic E-state index is 0.304. The predicted molar refractivity (Wildman–Crippen MR) is 52.4 cm³/mol. The molecule has 0 saturated heterocycles. The van der Waals surface area contributed by atoms with Gasteiger partial charge >= 0.3 is 0 Å². The number of carbonyl (C=O) groups excluding carboxylic acids is 2. The van der Waals surface area contributed by atoms with E-state index in [1.807, 2.05) is 0 Å². The maximum absolute atomic E-state index is 11.0. The minimum atomic E-state index is -1.14. The number of hydrogen-bond acceptors (Lipinski definition) is 4. The highest BCUT2D eigenvalue weighted by Gasteiger charge is 2.11. The van der Waals surface area contributed by atoms with Gasteiger partial charge in [0.15, 0.2) is 0 Å². The van der Waals surface area contributed by atoms with Crippen molar-refractivity contribution in [1.29, 1.82) is 0 Å². The van der Waals surface area contributed by atoms with Crippen molar-refractivity contribution in [3.8, 4) is 0 Å². The Balaban J connectivity index is 3.51. The summed E-state index contributed by atoms with van der Waals surface area (Å²) in [5, 5.41) is 10.9. The first-order valence-corrected chi connectivity index (χ1v) is 4.79. The smallest absolute Gasteiger partial charge is 0.255 e. The quantitative estimate of drug-likeness (QED) is 0.508. The summed E-state index contributed by atoms with van der Waals surface area (Å²) in [6.45, 7) is 1.94. The number of aliphatic hydroxyl groups excluding tert-OH is 1. The van der Waals surface area contributed by atoms with Crippen LogP contribution < -0.4 is 11.1 Å². The van der Waals surface area contributed by atoms with Gasteiger partial charge in [0, 0.05) is 6.42 Å². The van der Waals surface area contributed by atoms with Gasteiger partial charge in [-0.1, -0.05) is 6.42 Å². The van der Waals surface area contributed by atoms with Gasteiger partial charge in [0.25, 0.3) is 5.91 Å². The number of imide groups is 1. The van der Waals surface area contributed by atoms with E-state index < -0.39 is 12.0 Å². The van der Waals surface area contributed by atoms with Gasteiger partial charge in [-0.15, -0.1) is 0 Å². The Morgan fingerprint density at radius 1 is 1.36 bits per heavy atom. The standard InChI is InChI=1S/C9H18N2O3/c1-7(12)9(14)11-8(13)5-3-2-4-6-10/h7,12H,2-6,10H2,1H3,(H,11,13,14). The Kier molecular flexibility index (Phi) is 6.96. The second-order valence-corrected chi connectivity index (χ2v) is 3.19. The van der Waals surface area contributed by atoms with E-state index in [4.69, 9.17) is 10.8 Å². The summed E-state index contributed by atoms with van der Waals surface area (Å²) >= 11 is 0. The van der Waals surface area contributed by atoms with Gasteiger partial charge in [0.1, 0.15) is 6.10 Å². The number of aliphatic hydroxyl groups is 1. The van der Waals surface area contributed by atoms with Crippen LogP contribution in [0.25, 0.3) is 0 Å². The molecule has 0 radical (unpaired) electrons. The Morgan fingerprint density at radius 3 is 2.50 bits per heavy atom. The number of nitrogens with one attached hydrogen (secondary N) is 1. The molecule has 0 fully saturated rings. The van der Waals surface area contributed by atoms with E-state index >= 15 is 0 Å². The first-order valence-electron chi connectivity index (χ1n) is 4.79. The number of rotatable bonds is 6. The van der Waals surface area contributed by atoms with E-state index in [1.54, 1.807) is 0 Å². The molecule has 0 aliphatic rings. The third kappa shape index (κ3) is 6.56. The first kappa shape index (κ1) is 13.1. The molecule has 0 aromatic carbocycles. The fourth-order valence-corrected chi connectivity index (χ4v) is 0.911. The van der Waals surface area contributed by atoms with Crippen molar-refractivity contribution in [3.05, 3.63) is 0 Å². The van der Waals surface area contributed by atoms with E-state index in [0.29, 0.717) is 13.0 Å². The van der Waals surface area contributed by atoms with E-state index in [-0.39, 0.29) is 5.91 Å². The lowest BCUT2D eigenvalue weighted by atomic mass is 10.2. The van der Waals surface area contributed by atoms with Crippen molar-refractivity contribution in [2.75, 3.05) is 6.54 Å². The van der Waals surface area contributed by atoms with Crippen molar-refractivity contribution < 1.29 is 14.7 Å². The zero-order chi connectivity index (χ0) is 11.0. The van der Waals surface area contributed by atoms with Gasteiger partial charge in [-0.25, -0.2) is 0 Å². The van der Waals surface area contributed by atoms with Crippen LogP contribution in [0.2, 0.25) is 0 Å². The van der Waals surface area contributed by atoms with Crippen LogP contribution in [-0.2, 0) is 9.59 Å². The largest absolute Gasteiger partial charge is 0.384 e. The zero-order valence-corrected chi connectivity index (χ0v) is 8.45. The summed E-state index contributed by atoms with van der Waals surface area (Å²) < 4.78 is 0. The highest BCUT2D eigenvalue weighted by atomic mass is 16.3. The van der Waals surface area contributed by atoms with Crippen LogP contribution in [0.5, 0.6) is 0 Å². The molecular weight excluding hydrogens is 184 g/mol. The van der Waals surface area contributed by atoms with Crippen molar-refractivity contribution in [2.45, 2.75) is 38.7 Å². The molecule has 0 aliphatic heterocycles. The Morgan fingerprint density at radius 2 is 2.00 bits per heavy atom. The van der Waals surface area contributed by atoms with Gasteiger partial charge in [-0.05, 0) is 26.3 Å². The summed E-state index contributed by atoms with van der Waals surface area (Å²) in [5.74, 6) is -0.984. The summed E-state index contributed by atoms with van der Waals surface area (Å²) in [4.78, 5) is 21.9. The SMILES string of the molecule is CC(O)C(=O)NC(=O)CCCCCN. The van der Waals surface area contributed by atoms with Crippen LogP contribution in [-0.4, -0.2) is 29.6 Å². The Labute approximate surface area is 83.7 Å². The lowest BCUT2D eigenvalue weighted by Gasteiger charge is -2.05. The van der Waals surface area contributed by atoms with Crippen molar-refractivity contribution in [1.82, 2.24) is 5.32 Å². The third-order valence-electron chi connectivity index (χ3n) is 1.75. The number of nitrogens with two attached hydrogens (primary N) is 1.